The van der Waals surface area contributed by atoms with Crippen molar-refractivity contribution in [3.05, 3.63) is 51.8 Å². The van der Waals surface area contributed by atoms with Crippen LogP contribution in [0.5, 0.6) is 11.5 Å². The van der Waals surface area contributed by atoms with Crippen molar-refractivity contribution in [3.8, 4) is 11.5 Å². The van der Waals surface area contributed by atoms with E-state index in [9.17, 15) is 9.59 Å². The molecule has 1 aliphatic heterocycles. The minimum Gasteiger partial charge on any atom is -0.486 e. The molecule has 144 valence electrons. The number of aromatic nitrogens is 1. The topological polar surface area (TPSA) is 79.1 Å². The predicted octanol–water partition coefficient (Wildman–Crippen LogP) is 3.04. The predicted molar refractivity (Wildman–Crippen MR) is 104 cm³/mol. The van der Waals surface area contributed by atoms with Gasteiger partial charge in [0.2, 0.25) is 0 Å². The molecule has 1 amide bonds. The van der Waals surface area contributed by atoms with Gasteiger partial charge in [0.05, 0.1) is 27.9 Å². The molecule has 0 radical (unpaired) electrons. The minimum atomic E-state index is -0.493. The number of hydrogen-bond acceptors (Lipinski definition) is 6. The van der Waals surface area contributed by atoms with Gasteiger partial charge in [-0.25, -0.2) is 0 Å². The highest BCUT2D eigenvalue weighted by Gasteiger charge is 2.18. The van der Waals surface area contributed by atoms with E-state index in [2.05, 4.69) is 4.99 Å². The van der Waals surface area contributed by atoms with Crippen molar-refractivity contribution in [2.45, 2.75) is 6.54 Å². The van der Waals surface area contributed by atoms with Gasteiger partial charge in [-0.15, -0.1) is 0 Å². The van der Waals surface area contributed by atoms with Crippen LogP contribution in [-0.4, -0.2) is 36.8 Å². The number of fused-ring (bicyclic) bond motifs is 2. The molecule has 9 heteroatoms. The summed E-state index contributed by atoms with van der Waals surface area (Å²) in [5.41, 5.74) is 0.988. The van der Waals surface area contributed by atoms with Crippen molar-refractivity contribution in [1.82, 2.24) is 4.57 Å². The van der Waals surface area contributed by atoms with E-state index in [4.69, 9.17) is 25.8 Å². The van der Waals surface area contributed by atoms with E-state index in [1.165, 1.54) is 18.4 Å². The number of carbonyl (C=O) groups excluding carboxylic acids is 2. The van der Waals surface area contributed by atoms with Gasteiger partial charge in [-0.05, 0) is 12.1 Å². The number of thiazole rings is 1. The van der Waals surface area contributed by atoms with E-state index < -0.39 is 11.9 Å². The van der Waals surface area contributed by atoms with Gasteiger partial charge in [-0.3, -0.25) is 9.59 Å². The van der Waals surface area contributed by atoms with Crippen molar-refractivity contribution in [2.24, 2.45) is 4.99 Å². The maximum atomic E-state index is 12.7. The number of esters is 1. The molecule has 7 nitrogen and oxygen atoms in total. The summed E-state index contributed by atoms with van der Waals surface area (Å²) in [5, 5.41) is 0.314. The van der Waals surface area contributed by atoms with Gasteiger partial charge in [0.25, 0.3) is 5.91 Å². The third-order valence-corrected chi connectivity index (χ3v) is 5.53. The van der Waals surface area contributed by atoms with Crippen molar-refractivity contribution in [3.63, 3.8) is 0 Å². The van der Waals surface area contributed by atoms with Crippen molar-refractivity contribution >= 4 is 45.0 Å². The fourth-order valence-electron chi connectivity index (χ4n) is 2.82. The van der Waals surface area contributed by atoms with E-state index in [1.807, 2.05) is 6.07 Å². The van der Waals surface area contributed by atoms with Gasteiger partial charge < -0.3 is 18.8 Å². The fraction of sp³-hybridized carbons (Fsp3) is 0.211. The zero-order chi connectivity index (χ0) is 19.7. The first-order valence-corrected chi connectivity index (χ1v) is 9.59. The molecule has 0 bridgehead atoms. The van der Waals surface area contributed by atoms with Crippen LogP contribution in [0.2, 0.25) is 5.02 Å². The number of carbonyl (C=O) groups is 2. The first kappa shape index (κ1) is 18.5. The summed E-state index contributed by atoms with van der Waals surface area (Å²) in [4.78, 5) is 29.1. The van der Waals surface area contributed by atoms with Gasteiger partial charge in [-0.2, -0.15) is 4.99 Å². The maximum absolute atomic E-state index is 12.7. The molecule has 0 saturated heterocycles. The minimum absolute atomic E-state index is 0.0925. The van der Waals surface area contributed by atoms with Crippen LogP contribution < -0.4 is 14.3 Å². The van der Waals surface area contributed by atoms with Crippen LogP contribution >= 0.6 is 22.9 Å². The molecule has 3 aromatic rings. The zero-order valence-electron chi connectivity index (χ0n) is 14.8. The lowest BCUT2D eigenvalue weighted by Crippen LogP contribution is -2.22. The van der Waals surface area contributed by atoms with Crippen LogP contribution in [-0.2, 0) is 16.1 Å². The summed E-state index contributed by atoms with van der Waals surface area (Å²) < 4.78 is 18.5. The van der Waals surface area contributed by atoms with Crippen LogP contribution in [0, 0.1) is 0 Å². The third-order valence-electron chi connectivity index (χ3n) is 4.16. The van der Waals surface area contributed by atoms with E-state index in [0.29, 0.717) is 40.1 Å². The van der Waals surface area contributed by atoms with Gasteiger partial charge >= 0.3 is 5.97 Å². The summed E-state index contributed by atoms with van der Waals surface area (Å²) in [6.07, 6.45) is 0. The molecule has 2 heterocycles. The standard InChI is InChI=1S/C19H15ClN2O5S/c1-25-17(23)10-22-13-8-14-15(27-7-6-26-14)9-16(13)28-19(22)21-18(24)11-4-2-3-5-12(11)20/h2-5,8-9H,6-7,10H2,1H3. The smallest absolute Gasteiger partial charge is 0.325 e. The van der Waals surface area contributed by atoms with Gasteiger partial charge in [-0.1, -0.05) is 35.1 Å². The molecule has 1 aromatic heterocycles. The van der Waals surface area contributed by atoms with E-state index >= 15 is 0 Å². The number of halogens is 1. The van der Waals surface area contributed by atoms with Gasteiger partial charge in [0.1, 0.15) is 19.8 Å². The number of benzene rings is 2. The molecular weight excluding hydrogens is 404 g/mol. The highest BCUT2D eigenvalue weighted by molar-refractivity contribution is 7.16. The van der Waals surface area contributed by atoms with Crippen LogP contribution in [0.25, 0.3) is 10.2 Å². The molecule has 28 heavy (non-hydrogen) atoms. The first-order valence-electron chi connectivity index (χ1n) is 8.40. The number of hydrogen-bond donors (Lipinski definition) is 0. The van der Waals surface area contributed by atoms with E-state index in [1.54, 1.807) is 34.9 Å². The Morgan fingerprint density at radius 1 is 1.21 bits per heavy atom. The molecule has 0 saturated carbocycles. The molecular formula is C19H15ClN2O5S. The number of amides is 1. The summed E-state index contributed by atoms with van der Waals surface area (Å²) in [6, 6.07) is 10.3. The zero-order valence-corrected chi connectivity index (χ0v) is 16.4. The summed E-state index contributed by atoms with van der Waals surface area (Å²) in [5.74, 6) is 0.252. The number of nitrogens with zero attached hydrogens (tertiary/aromatic N) is 2. The van der Waals surface area contributed by atoms with Crippen LogP contribution in [0.15, 0.2) is 41.4 Å². The molecule has 0 N–H and O–H groups in total. The molecule has 0 fully saturated rings. The Morgan fingerprint density at radius 2 is 1.93 bits per heavy atom. The Kier molecular flexibility index (Phi) is 5.06. The van der Waals surface area contributed by atoms with Crippen molar-refractivity contribution < 1.29 is 23.8 Å². The lowest BCUT2D eigenvalue weighted by molar-refractivity contribution is -0.141. The highest BCUT2D eigenvalue weighted by Crippen LogP contribution is 2.35. The van der Waals surface area contributed by atoms with E-state index in [0.717, 1.165) is 4.70 Å². The largest absolute Gasteiger partial charge is 0.486 e. The Hall–Kier alpha value is -2.84. The molecule has 1 aliphatic rings. The SMILES string of the molecule is COC(=O)Cn1c(=NC(=O)c2ccccc2Cl)sc2cc3c(cc21)OCCO3. The van der Waals surface area contributed by atoms with Gasteiger partial charge in [0.15, 0.2) is 16.3 Å². The molecule has 0 unspecified atom stereocenters. The summed E-state index contributed by atoms with van der Waals surface area (Å²) in [7, 11) is 1.31. The molecule has 0 atom stereocenters. The second-order valence-corrected chi connectivity index (χ2v) is 7.32. The maximum Gasteiger partial charge on any atom is 0.325 e. The van der Waals surface area contributed by atoms with Crippen LogP contribution in [0.4, 0.5) is 0 Å². The Balaban J connectivity index is 1.88. The molecule has 2 aromatic carbocycles. The quantitative estimate of drug-likeness (QED) is 0.611. The van der Waals surface area contributed by atoms with Crippen LogP contribution in [0.3, 0.4) is 0 Å². The summed E-state index contributed by atoms with van der Waals surface area (Å²) >= 11 is 7.37. The lowest BCUT2D eigenvalue weighted by Gasteiger charge is -2.18. The normalized spacial score (nSPS) is 13.6. The number of methoxy groups -OCH3 is 1. The molecule has 0 aliphatic carbocycles. The van der Waals surface area contributed by atoms with Crippen molar-refractivity contribution in [2.75, 3.05) is 20.3 Å². The second-order valence-electron chi connectivity index (χ2n) is 5.91. The van der Waals surface area contributed by atoms with E-state index in [-0.39, 0.29) is 12.1 Å². The highest BCUT2D eigenvalue weighted by atomic mass is 35.5. The Morgan fingerprint density at radius 3 is 2.64 bits per heavy atom. The Bertz CT molecular complexity index is 1150. The van der Waals surface area contributed by atoms with Crippen molar-refractivity contribution in [1.29, 1.82) is 0 Å². The van der Waals surface area contributed by atoms with Gasteiger partial charge in [0, 0.05) is 12.1 Å². The molecule has 4 rings (SSSR count). The average Bonchev–Trinajstić information content (AvgIpc) is 3.02. The number of ether oxygens (including phenoxy) is 3. The average molecular weight is 419 g/mol. The molecule has 0 spiro atoms. The lowest BCUT2D eigenvalue weighted by atomic mass is 10.2. The second kappa shape index (κ2) is 7.65. The number of rotatable bonds is 3. The van der Waals surface area contributed by atoms with Crippen LogP contribution in [0.1, 0.15) is 10.4 Å². The summed E-state index contributed by atoms with van der Waals surface area (Å²) in [6.45, 7) is 0.820. The monoisotopic (exact) mass is 418 g/mol. The fourth-order valence-corrected chi connectivity index (χ4v) is 4.07. The Labute approximate surface area is 168 Å². The third kappa shape index (κ3) is 3.48. The first-order chi connectivity index (χ1) is 13.6.